The number of nitrogens with one attached hydrogen (secondary N) is 1. The monoisotopic (exact) mass is 297 g/mol. The molecule has 0 fully saturated rings. The SMILES string of the molecule is CNC(CCc1cccs1)c1cnn(-c2ccccc2)c1. The van der Waals surface area contributed by atoms with Crippen LogP contribution in [0.3, 0.4) is 0 Å². The molecule has 1 aromatic carbocycles. The van der Waals surface area contributed by atoms with Crippen molar-refractivity contribution >= 4 is 11.3 Å². The second-order valence-electron chi connectivity index (χ2n) is 5.01. The van der Waals surface area contributed by atoms with E-state index in [2.05, 4.69) is 46.3 Å². The van der Waals surface area contributed by atoms with E-state index in [9.17, 15) is 0 Å². The van der Waals surface area contributed by atoms with Gasteiger partial charge in [-0.1, -0.05) is 24.3 Å². The first-order valence-electron chi connectivity index (χ1n) is 7.16. The van der Waals surface area contributed by atoms with Crippen molar-refractivity contribution in [3.8, 4) is 5.69 Å². The van der Waals surface area contributed by atoms with Crippen LogP contribution in [0.5, 0.6) is 0 Å². The molecule has 3 rings (SSSR count). The number of nitrogens with zero attached hydrogens (tertiary/aromatic N) is 2. The van der Waals surface area contributed by atoms with Gasteiger partial charge in [-0.25, -0.2) is 4.68 Å². The lowest BCUT2D eigenvalue weighted by atomic mass is 10.1. The second-order valence-corrected chi connectivity index (χ2v) is 6.05. The van der Waals surface area contributed by atoms with E-state index in [4.69, 9.17) is 0 Å². The molecule has 0 aliphatic heterocycles. The highest BCUT2D eigenvalue weighted by Gasteiger charge is 2.12. The van der Waals surface area contributed by atoms with Crippen LogP contribution in [0.25, 0.3) is 5.69 Å². The van der Waals surface area contributed by atoms with E-state index in [1.54, 1.807) is 0 Å². The molecule has 2 aromatic heterocycles. The molecule has 4 heteroatoms. The van der Waals surface area contributed by atoms with Crippen molar-refractivity contribution in [2.45, 2.75) is 18.9 Å². The minimum atomic E-state index is 0.338. The van der Waals surface area contributed by atoms with Gasteiger partial charge in [-0.3, -0.25) is 0 Å². The van der Waals surface area contributed by atoms with E-state index in [-0.39, 0.29) is 0 Å². The lowest BCUT2D eigenvalue weighted by molar-refractivity contribution is 0.551. The number of aryl methyl sites for hydroxylation is 1. The molecule has 0 radical (unpaired) electrons. The predicted molar refractivity (Wildman–Crippen MR) is 88.0 cm³/mol. The molecule has 108 valence electrons. The van der Waals surface area contributed by atoms with Crippen molar-refractivity contribution in [2.75, 3.05) is 7.05 Å². The van der Waals surface area contributed by atoms with Crippen LogP contribution in [-0.2, 0) is 6.42 Å². The average molecular weight is 297 g/mol. The van der Waals surface area contributed by atoms with Gasteiger partial charge >= 0.3 is 0 Å². The first-order valence-corrected chi connectivity index (χ1v) is 8.04. The molecule has 0 saturated heterocycles. The molecule has 0 aliphatic carbocycles. The minimum Gasteiger partial charge on any atom is -0.313 e. The van der Waals surface area contributed by atoms with Crippen LogP contribution < -0.4 is 5.32 Å². The van der Waals surface area contributed by atoms with E-state index in [0.29, 0.717) is 6.04 Å². The Morgan fingerprint density at radius 1 is 1.19 bits per heavy atom. The summed E-state index contributed by atoms with van der Waals surface area (Å²) in [6.45, 7) is 0. The molecule has 0 amide bonds. The number of aromatic nitrogens is 2. The Labute approximate surface area is 129 Å². The lowest BCUT2D eigenvalue weighted by Crippen LogP contribution is -2.16. The van der Waals surface area contributed by atoms with Gasteiger partial charge in [-0.15, -0.1) is 11.3 Å². The largest absolute Gasteiger partial charge is 0.313 e. The molecule has 0 aliphatic rings. The van der Waals surface area contributed by atoms with Crippen LogP contribution in [0.4, 0.5) is 0 Å². The third-order valence-corrected chi connectivity index (χ3v) is 4.57. The second kappa shape index (κ2) is 6.70. The smallest absolute Gasteiger partial charge is 0.0645 e. The van der Waals surface area contributed by atoms with Gasteiger partial charge in [0.05, 0.1) is 11.9 Å². The summed E-state index contributed by atoms with van der Waals surface area (Å²) in [5.41, 5.74) is 2.33. The van der Waals surface area contributed by atoms with E-state index < -0.39 is 0 Å². The Morgan fingerprint density at radius 2 is 2.05 bits per heavy atom. The first-order chi connectivity index (χ1) is 10.4. The average Bonchev–Trinajstić information content (AvgIpc) is 3.20. The molecule has 0 bridgehead atoms. The Balaban J connectivity index is 1.71. The fraction of sp³-hybridized carbons (Fsp3) is 0.235. The zero-order valence-corrected chi connectivity index (χ0v) is 12.9. The maximum Gasteiger partial charge on any atom is 0.0645 e. The summed E-state index contributed by atoms with van der Waals surface area (Å²) < 4.78 is 1.94. The van der Waals surface area contributed by atoms with Crippen molar-refractivity contribution in [3.63, 3.8) is 0 Å². The van der Waals surface area contributed by atoms with E-state index in [1.165, 1.54) is 10.4 Å². The van der Waals surface area contributed by atoms with E-state index >= 15 is 0 Å². The summed E-state index contributed by atoms with van der Waals surface area (Å²) in [6.07, 6.45) is 6.25. The van der Waals surface area contributed by atoms with E-state index in [1.807, 2.05) is 47.5 Å². The molecular weight excluding hydrogens is 278 g/mol. The van der Waals surface area contributed by atoms with Gasteiger partial charge in [0, 0.05) is 22.7 Å². The summed E-state index contributed by atoms with van der Waals surface area (Å²) in [7, 11) is 2.01. The highest BCUT2D eigenvalue weighted by atomic mass is 32.1. The number of hydrogen-bond acceptors (Lipinski definition) is 3. The Bertz CT molecular complexity index is 658. The van der Waals surface area contributed by atoms with Gasteiger partial charge in [0.15, 0.2) is 0 Å². The molecule has 21 heavy (non-hydrogen) atoms. The minimum absolute atomic E-state index is 0.338. The summed E-state index contributed by atoms with van der Waals surface area (Å²) >= 11 is 1.82. The van der Waals surface area contributed by atoms with Crippen molar-refractivity contribution in [1.29, 1.82) is 0 Å². The first kappa shape index (κ1) is 14.0. The fourth-order valence-corrected chi connectivity index (χ4v) is 3.18. The van der Waals surface area contributed by atoms with Crippen LogP contribution in [0.2, 0.25) is 0 Å². The zero-order valence-electron chi connectivity index (χ0n) is 12.1. The highest BCUT2D eigenvalue weighted by molar-refractivity contribution is 7.09. The Kier molecular flexibility index (Phi) is 4.48. The lowest BCUT2D eigenvalue weighted by Gasteiger charge is -2.13. The molecule has 0 saturated carbocycles. The van der Waals surface area contributed by atoms with Crippen molar-refractivity contribution in [1.82, 2.24) is 15.1 Å². The van der Waals surface area contributed by atoms with Crippen LogP contribution >= 0.6 is 11.3 Å². The quantitative estimate of drug-likeness (QED) is 0.749. The van der Waals surface area contributed by atoms with E-state index in [0.717, 1.165) is 18.5 Å². The summed E-state index contributed by atoms with van der Waals surface area (Å²) in [5, 5.41) is 10.0. The van der Waals surface area contributed by atoms with Gasteiger partial charge < -0.3 is 5.32 Å². The maximum atomic E-state index is 4.48. The molecular formula is C17H19N3S. The van der Waals surface area contributed by atoms with Crippen molar-refractivity contribution in [2.24, 2.45) is 0 Å². The third kappa shape index (κ3) is 3.40. The van der Waals surface area contributed by atoms with Crippen molar-refractivity contribution < 1.29 is 0 Å². The third-order valence-electron chi connectivity index (χ3n) is 3.63. The molecule has 0 spiro atoms. The molecule has 1 atom stereocenters. The number of para-hydroxylation sites is 1. The summed E-state index contributed by atoms with van der Waals surface area (Å²) in [5.74, 6) is 0. The summed E-state index contributed by atoms with van der Waals surface area (Å²) in [6, 6.07) is 14.9. The predicted octanol–water partition coefficient (Wildman–Crippen LogP) is 3.83. The number of benzene rings is 1. The fourth-order valence-electron chi connectivity index (χ4n) is 2.46. The summed E-state index contributed by atoms with van der Waals surface area (Å²) in [4.78, 5) is 1.44. The zero-order chi connectivity index (χ0) is 14.5. The van der Waals surface area contributed by atoms with Gasteiger partial charge in [-0.2, -0.15) is 5.10 Å². The Hall–Kier alpha value is -1.91. The molecule has 1 unspecified atom stereocenters. The molecule has 3 aromatic rings. The van der Waals surface area contributed by atoms with Gasteiger partial charge in [0.25, 0.3) is 0 Å². The highest BCUT2D eigenvalue weighted by Crippen LogP contribution is 2.21. The van der Waals surface area contributed by atoms with Gasteiger partial charge in [0.1, 0.15) is 0 Å². The molecule has 3 nitrogen and oxygen atoms in total. The van der Waals surface area contributed by atoms with Crippen molar-refractivity contribution in [3.05, 3.63) is 70.7 Å². The Morgan fingerprint density at radius 3 is 2.76 bits per heavy atom. The molecule has 2 heterocycles. The standard InChI is InChI=1S/C17H19N3S/c1-18-17(10-9-16-8-5-11-21-16)14-12-19-20(13-14)15-6-3-2-4-7-15/h2-8,11-13,17-18H,9-10H2,1H3. The number of hydrogen-bond donors (Lipinski definition) is 1. The van der Waals surface area contributed by atoms with Gasteiger partial charge in [-0.05, 0) is 43.5 Å². The van der Waals surface area contributed by atoms with Crippen LogP contribution in [0.1, 0.15) is 22.9 Å². The number of thiophene rings is 1. The van der Waals surface area contributed by atoms with Crippen LogP contribution in [0, 0.1) is 0 Å². The normalized spacial score (nSPS) is 12.4. The maximum absolute atomic E-state index is 4.48. The van der Waals surface area contributed by atoms with Gasteiger partial charge in [0.2, 0.25) is 0 Å². The topological polar surface area (TPSA) is 29.9 Å². The van der Waals surface area contributed by atoms with Crippen LogP contribution in [-0.4, -0.2) is 16.8 Å². The molecule has 1 N–H and O–H groups in total. The number of rotatable bonds is 6. The van der Waals surface area contributed by atoms with Crippen LogP contribution in [0.15, 0.2) is 60.2 Å².